The van der Waals surface area contributed by atoms with E-state index in [2.05, 4.69) is 15.6 Å². The molecule has 1 atom stereocenters. The van der Waals surface area contributed by atoms with Crippen molar-refractivity contribution in [3.63, 3.8) is 0 Å². The second-order valence-corrected chi connectivity index (χ2v) is 7.69. The van der Waals surface area contributed by atoms with Crippen LogP contribution in [0.3, 0.4) is 0 Å². The van der Waals surface area contributed by atoms with Crippen molar-refractivity contribution in [2.75, 3.05) is 18.5 Å². The number of fused-ring (bicyclic) bond motifs is 1. The molecular formula is C22H26N4O4. The van der Waals surface area contributed by atoms with E-state index >= 15 is 0 Å². The van der Waals surface area contributed by atoms with Crippen LogP contribution in [0.5, 0.6) is 0 Å². The smallest absolute Gasteiger partial charge is 0.277 e. The van der Waals surface area contributed by atoms with Crippen LogP contribution in [0.15, 0.2) is 34.9 Å². The number of carbonyl (C=O) groups is 2. The van der Waals surface area contributed by atoms with E-state index < -0.39 is 6.04 Å². The molecule has 8 heteroatoms. The predicted octanol–water partition coefficient (Wildman–Crippen LogP) is 3.33. The number of nitrogens with zero attached hydrogens (tertiary/aromatic N) is 2. The summed E-state index contributed by atoms with van der Waals surface area (Å²) in [6.45, 7) is 4.70. The number of hydrogen-bond acceptors (Lipinski definition) is 5. The summed E-state index contributed by atoms with van der Waals surface area (Å²) in [5.41, 5.74) is 1.95. The Morgan fingerprint density at radius 1 is 1.23 bits per heavy atom. The molecule has 1 saturated heterocycles. The molecule has 1 aliphatic heterocycles. The standard InChI is InChI=1S/C22H26N4O4/c1-13(23-20(27)15-8-11-29-12-9-15)22-25-19(14(2)30-22)21(28)24-17-5-4-6-18-16(17)7-10-26(18)3/h4-7,10,13,15H,8-9,11-12H2,1-3H3,(H,23,27)(H,24,28)/t13-/m1/s1. The SMILES string of the molecule is Cc1oc([C@@H](C)NC(=O)C2CCOCC2)nc1C(=O)Nc1cccc2c1ccn2C. The lowest BCUT2D eigenvalue weighted by Crippen LogP contribution is -2.35. The molecule has 2 aromatic heterocycles. The summed E-state index contributed by atoms with van der Waals surface area (Å²) in [7, 11) is 1.96. The number of ether oxygens (including phenoxy) is 1. The number of aromatic nitrogens is 2. The third-order valence-corrected chi connectivity index (χ3v) is 5.53. The van der Waals surface area contributed by atoms with Crippen LogP contribution in [0.1, 0.15) is 47.9 Å². The Kier molecular flexibility index (Phi) is 5.59. The zero-order valence-electron chi connectivity index (χ0n) is 17.4. The van der Waals surface area contributed by atoms with Crippen molar-refractivity contribution < 1.29 is 18.7 Å². The number of hydrogen-bond donors (Lipinski definition) is 2. The van der Waals surface area contributed by atoms with Gasteiger partial charge >= 0.3 is 0 Å². The first-order valence-corrected chi connectivity index (χ1v) is 10.1. The molecule has 30 heavy (non-hydrogen) atoms. The topological polar surface area (TPSA) is 98.4 Å². The van der Waals surface area contributed by atoms with Crippen molar-refractivity contribution in [2.24, 2.45) is 13.0 Å². The minimum atomic E-state index is -0.432. The van der Waals surface area contributed by atoms with E-state index in [9.17, 15) is 9.59 Å². The first kappa shape index (κ1) is 20.2. The minimum Gasteiger partial charge on any atom is -0.443 e. The van der Waals surface area contributed by atoms with Gasteiger partial charge in [-0.2, -0.15) is 0 Å². The molecule has 0 aliphatic carbocycles. The van der Waals surface area contributed by atoms with E-state index in [1.807, 2.05) is 42.1 Å². The number of rotatable bonds is 5. The molecule has 0 radical (unpaired) electrons. The van der Waals surface area contributed by atoms with Gasteiger partial charge in [0.1, 0.15) is 11.8 Å². The van der Waals surface area contributed by atoms with Gasteiger partial charge in [-0.15, -0.1) is 0 Å². The minimum absolute atomic E-state index is 0.0385. The van der Waals surface area contributed by atoms with Crippen LogP contribution in [0, 0.1) is 12.8 Å². The molecule has 0 saturated carbocycles. The fourth-order valence-corrected chi connectivity index (χ4v) is 3.76. The second-order valence-electron chi connectivity index (χ2n) is 7.69. The Bertz CT molecular complexity index is 1080. The number of aryl methyl sites for hydroxylation is 2. The zero-order valence-corrected chi connectivity index (χ0v) is 17.4. The van der Waals surface area contributed by atoms with Crippen LogP contribution >= 0.6 is 0 Å². The average Bonchev–Trinajstić information content (AvgIpc) is 3.32. The van der Waals surface area contributed by atoms with Gasteiger partial charge in [0.25, 0.3) is 5.91 Å². The first-order chi connectivity index (χ1) is 14.4. The van der Waals surface area contributed by atoms with Gasteiger partial charge in [0.2, 0.25) is 11.8 Å². The summed E-state index contributed by atoms with van der Waals surface area (Å²) in [6, 6.07) is 7.27. The lowest BCUT2D eigenvalue weighted by atomic mass is 9.99. The molecule has 8 nitrogen and oxygen atoms in total. The number of amides is 2. The highest BCUT2D eigenvalue weighted by Gasteiger charge is 2.26. The molecule has 3 heterocycles. The fraction of sp³-hybridized carbons (Fsp3) is 0.409. The maximum Gasteiger partial charge on any atom is 0.277 e. The molecule has 3 aromatic rings. The summed E-state index contributed by atoms with van der Waals surface area (Å²) in [5.74, 6) is 0.280. The molecule has 1 aliphatic rings. The summed E-state index contributed by atoms with van der Waals surface area (Å²) in [4.78, 5) is 29.7. The first-order valence-electron chi connectivity index (χ1n) is 10.1. The molecule has 2 N–H and O–H groups in total. The summed E-state index contributed by atoms with van der Waals surface area (Å²) in [6.07, 6.45) is 3.37. The largest absolute Gasteiger partial charge is 0.443 e. The van der Waals surface area contributed by atoms with Gasteiger partial charge in [-0.1, -0.05) is 6.07 Å². The van der Waals surface area contributed by atoms with Crippen molar-refractivity contribution >= 4 is 28.4 Å². The van der Waals surface area contributed by atoms with Gasteiger partial charge in [0.15, 0.2) is 5.69 Å². The van der Waals surface area contributed by atoms with Gasteiger partial charge < -0.3 is 24.4 Å². The van der Waals surface area contributed by atoms with Gasteiger partial charge in [-0.3, -0.25) is 9.59 Å². The molecule has 4 rings (SSSR count). The third kappa shape index (κ3) is 3.95. The predicted molar refractivity (Wildman–Crippen MR) is 112 cm³/mol. The number of anilines is 1. The zero-order chi connectivity index (χ0) is 21.3. The van der Waals surface area contributed by atoms with Crippen molar-refractivity contribution in [3.05, 3.63) is 47.8 Å². The lowest BCUT2D eigenvalue weighted by Gasteiger charge is -2.22. The molecule has 0 spiro atoms. The maximum atomic E-state index is 12.8. The highest BCUT2D eigenvalue weighted by molar-refractivity contribution is 6.08. The second kappa shape index (κ2) is 8.31. The molecule has 0 unspecified atom stereocenters. The van der Waals surface area contributed by atoms with Crippen LogP contribution < -0.4 is 10.6 Å². The van der Waals surface area contributed by atoms with E-state index in [1.165, 1.54) is 0 Å². The number of oxazole rings is 1. The molecule has 0 bridgehead atoms. The summed E-state index contributed by atoms with van der Waals surface area (Å²) in [5, 5.41) is 6.81. The van der Waals surface area contributed by atoms with Gasteiger partial charge in [0, 0.05) is 43.3 Å². The Morgan fingerprint density at radius 2 is 2.00 bits per heavy atom. The molecule has 158 valence electrons. The Balaban J connectivity index is 1.47. The monoisotopic (exact) mass is 410 g/mol. The van der Waals surface area contributed by atoms with Crippen LogP contribution in [-0.4, -0.2) is 34.6 Å². The number of nitrogens with one attached hydrogen (secondary N) is 2. The summed E-state index contributed by atoms with van der Waals surface area (Å²) < 4.78 is 13.0. The lowest BCUT2D eigenvalue weighted by molar-refractivity contribution is -0.128. The Labute approximate surface area is 174 Å². The van der Waals surface area contributed by atoms with Crippen LogP contribution in [0.4, 0.5) is 5.69 Å². The molecule has 2 amide bonds. The fourth-order valence-electron chi connectivity index (χ4n) is 3.76. The maximum absolute atomic E-state index is 12.8. The van der Waals surface area contributed by atoms with Crippen molar-refractivity contribution in [1.82, 2.24) is 14.9 Å². The van der Waals surface area contributed by atoms with Gasteiger partial charge in [-0.05, 0) is 44.9 Å². The van der Waals surface area contributed by atoms with E-state index in [0.29, 0.717) is 43.4 Å². The van der Waals surface area contributed by atoms with Crippen LogP contribution in [-0.2, 0) is 16.6 Å². The number of carbonyl (C=O) groups excluding carboxylic acids is 2. The highest BCUT2D eigenvalue weighted by Crippen LogP contribution is 2.25. The van der Waals surface area contributed by atoms with E-state index in [1.54, 1.807) is 13.8 Å². The molecule has 1 aromatic carbocycles. The average molecular weight is 410 g/mol. The van der Waals surface area contributed by atoms with Crippen LogP contribution in [0.2, 0.25) is 0 Å². The Morgan fingerprint density at radius 3 is 2.77 bits per heavy atom. The Hall–Kier alpha value is -3.13. The van der Waals surface area contributed by atoms with Crippen molar-refractivity contribution in [1.29, 1.82) is 0 Å². The highest BCUT2D eigenvalue weighted by atomic mass is 16.5. The van der Waals surface area contributed by atoms with Gasteiger partial charge in [-0.25, -0.2) is 4.98 Å². The summed E-state index contributed by atoms with van der Waals surface area (Å²) >= 11 is 0. The molecule has 1 fully saturated rings. The van der Waals surface area contributed by atoms with E-state index in [4.69, 9.17) is 9.15 Å². The normalized spacial score (nSPS) is 15.8. The van der Waals surface area contributed by atoms with E-state index in [0.717, 1.165) is 10.9 Å². The van der Waals surface area contributed by atoms with Crippen molar-refractivity contribution in [2.45, 2.75) is 32.7 Å². The quantitative estimate of drug-likeness (QED) is 0.672. The van der Waals surface area contributed by atoms with Crippen molar-refractivity contribution in [3.8, 4) is 0 Å². The number of benzene rings is 1. The third-order valence-electron chi connectivity index (χ3n) is 5.53. The molecular weight excluding hydrogens is 384 g/mol. The van der Waals surface area contributed by atoms with Crippen LogP contribution in [0.25, 0.3) is 10.9 Å². The van der Waals surface area contributed by atoms with E-state index in [-0.39, 0.29) is 23.4 Å². The van der Waals surface area contributed by atoms with Gasteiger partial charge in [0.05, 0.1) is 5.69 Å².